The molecule has 2 rings (SSSR count). The predicted octanol–water partition coefficient (Wildman–Crippen LogP) is 2.74. The molecule has 0 saturated carbocycles. The van der Waals surface area contributed by atoms with Gasteiger partial charge in [-0.3, -0.25) is 4.79 Å². The summed E-state index contributed by atoms with van der Waals surface area (Å²) < 4.78 is 28.8. The lowest BCUT2D eigenvalue weighted by atomic mass is 10.0. The summed E-state index contributed by atoms with van der Waals surface area (Å²) in [6, 6.07) is 1.49. The third-order valence-corrected chi connectivity index (χ3v) is 3.38. The van der Waals surface area contributed by atoms with E-state index in [0.717, 1.165) is 6.07 Å². The van der Waals surface area contributed by atoms with Crippen LogP contribution < -0.4 is 5.73 Å². The van der Waals surface area contributed by atoms with Crippen LogP contribution in [-0.4, -0.2) is 15.5 Å². The highest BCUT2D eigenvalue weighted by Gasteiger charge is 2.28. The number of alkyl halides is 1. The Hall–Kier alpha value is -1.69. The quantitative estimate of drug-likeness (QED) is 0.883. The second-order valence-electron chi connectivity index (χ2n) is 4.85. The lowest BCUT2D eigenvalue weighted by Crippen LogP contribution is -2.31. The van der Waals surface area contributed by atoms with Gasteiger partial charge in [0, 0.05) is 0 Å². The van der Waals surface area contributed by atoms with Crippen molar-refractivity contribution in [1.82, 2.24) is 9.55 Å². The molecular weight excluding hydrogens is 288 g/mol. The van der Waals surface area contributed by atoms with Crippen molar-refractivity contribution in [3.8, 4) is 0 Å². The van der Waals surface area contributed by atoms with Gasteiger partial charge in [-0.1, -0.05) is 13.8 Å². The maximum atomic E-state index is 14.1. The topological polar surface area (TPSA) is 60.9 Å². The van der Waals surface area contributed by atoms with Crippen LogP contribution in [0.25, 0.3) is 11.0 Å². The molecule has 0 aliphatic rings. The minimum absolute atomic E-state index is 0.0355. The molecule has 1 heterocycles. The van der Waals surface area contributed by atoms with Gasteiger partial charge in [0.05, 0.1) is 11.4 Å². The van der Waals surface area contributed by atoms with Crippen LogP contribution in [0.2, 0.25) is 0 Å². The van der Waals surface area contributed by atoms with E-state index >= 15 is 0 Å². The van der Waals surface area contributed by atoms with Crippen molar-refractivity contribution in [3.63, 3.8) is 0 Å². The molecule has 1 unspecified atom stereocenters. The highest BCUT2D eigenvalue weighted by atomic mass is 35.5. The smallest absolute Gasteiger partial charge is 0.240 e. The fourth-order valence-corrected chi connectivity index (χ4v) is 2.51. The van der Waals surface area contributed by atoms with Gasteiger partial charge in [-0.25, -0.2) is 13.8 Å². The molecule has 1 aromatic carbocycles. The van der Waals surface area contributed by atoms with Gasteiger partial charge in [0.25, 0.3) is 0 Å². The Bertz CT molecular complexity index is 669. The number of hydrogen-bond acceptors (Lipinski definition) is 2. The maximum Gasteiger partial charge on any atom is 0.240 e. The summed E-state index contributed by atoms with van der Waals surface area (Å²) in [7, 11) is 0. The van der Waals surface area contributed by atoms with Gasteiger partial charge in [-0.15, -0.1) is 11.6 Å². The number of carbonyl (C=O) groups excluding carboxylic acids is 1. The number of imidazole rings is 1. The largest absolute Gasteiger partial charge is 0.368 e. The van der Waals surface area contributed by atoms with E-state index in [1.165, 1.54) is 10.6 Å². The van der Waals surface area contributed by atoms with E-state index in [1.54, 1.807) is 13.8 Å². The zero-order chi connectivity index (χ0) is 15.0. The molecular formula is C13H14ClF2N3O. The minimum atomic E-state index is -1.06. The lowest BCUT2D eigenvalue weighted by molar-refractivity contribution is -0.122. The summed E-state index contributed by atoms with van der Waals surface area (Å²) in [6.45, 7) is 3.52. The van der Waals surface area contributed by atoms with E-state index in [1.807, 2.05) is 0 Å². The molecule has 1 amide bonds. The number of primary amides is 1. The Labute approximate surface area is 119 Å². The average Bonchev–Trinajstić information content (AvgIpc) is 2.72. The summed E-state index contributed by atoms with van der Waals surface area (Å²) in [6.07, 6.45) is 0. The normalized spacial score (nSPS) is 13.1. The molecule has 2 aromatic rings. The Kier molecular flexibility index (Phi) is 3.94. The first-order valence-corrected chi connectivity index (χ1v) is 6.62. The van der Waals surface area contributed by atoms with Crippen molar-refractivity contribution in [2.75, 3.05) is 0 Å². The molecule has 0 aliphatic carbocycles. The van der Waals surface area contributed by atoms with Crippen molar-refractivity contribution >= 4 is 28.5 Å². The van der Waals surface area contributed by atoms with Crippen molar-refractivity contribution < 1.29 is 13.6 Å². The Morgan fingerprint density at radius 3 is 2.60 bits per heavy atom. The highest BCUT2D eigenvalue weighted by molar-refractivity contribution is 6.17. The molecule has 1 aromatic heterocycles. The Morgan fingerprint density at radius 1 is 1.45 bits per heavy atom. The second kappa shape index (κ2) is 5.36. The number of nitrogens with zero attached hydrogens (tertiary/aromatic N) is 2. The Balaban J connectivity index is 2.84. The van der Waals surface area contributed by atoms with E-state index in [9.17, 15) is 13.6 Å². The fraction of sp³-hybridized carbons (Fsp3) is 0.385. The molecule has 7 heteroatoms. The van der Waals surface area contributed by atoms with Gasteiger partial charge in [0.1, 0.15) is 17.4 Å². The molecule has 2 N–H and O–H groups in total. The van der Waals surface area contributed by atoms with Crippen molar-refractivity contribution in [2.45, 2.75) is 25.8 Å². The third-order valence-electron chi connectivity index (χ3n) is 3.14. The van der Waals surface area contributed by atoms with Crippen LogP contribution in [0.4, 0.5) is 8.78 Å². The second-order valence-corrected chi connectivity index (χ2v) is 5.12. The number of fused-ring (bicyclic) bond motifs is 1. The van der Waals surface area contributed by atoms with Crippen molar-refractivity contribution in [3.05, 3.63) is 29.6 Å². The summed E-state index contributed by atoms with van der Waals surface area (Å²) in [5.74, 6) is -2.68. The zero-order valence-corrected chi connectivity index (χ0v) is 11.8. The van der Waals surface area contributed by atoms with E-state index in [4.69, 9.17) is 17.3 Å². The van der Waals surface area contributed by atoms with Gasteiger partial charge in [0.15, 0.2) is 11.6 Å². The molecule has 108 valence electrons. The van der Waals surface area contributed by atoms with Crippen LogP contribution in [0, 0.1) is 17.6 Å². The number of hydrogen-bond donors (Lipinski definition) is 1. The van der Waals surface area contributed by atoms with Crippen LogP contribution in [0.1, 0.15) is 25.7 Å². The van der Waals surface area contributed by atoms with Gasteiger partial charge >= 0.3 is 0 Å². The molecule has 20 heavy (non-hydrogen) atoms. The predicted molar refractivity (Wildman–Crippen MR) is 72.3 cm³/mol. The molecule has 4 nitrogen and oxygen atoms in total. The number of nitrogens with two attached hydrogens (primary N) is 1. The van der Waals surface area contributed by atoms with E-state index in [0.29, 0.717) is 0 Å². The molecule has 0 bridgehead atoms. The summed E-state index contributed by atoms with van der Waals surface area (Å²) in [4.78, 5) is 15.8. The highest BCUT2D eigenvalue weighted by Crippen LogP contribution is 2.29. The van der Waals surface area contributed by atoms with Gasteiger partial charge in [0.2, 0.25) is 5.91 Å². The van der Waals surface area contributed by atoms with Crippen LogP contribution in [0.15, 0.2) is 12.1 Å². The van der Waals surface area contributed by atoms with Crippen molar-refractivity contribution in [2.24, 2.45) is 11.7 Å². The number of rotatable bonds is 4. The monoisotopic (exact) mass is 301 g/mol. The van der Waals surface area contributed by atoms with E-state index in [-0.39, 0.29) is 28.7 Å². The summed E-state index contributed by atoms with van der Waals surface area (Å²) >= 11 is 5.80. The number of aromatic nitrogens is 2. The van der Waals surface area contributed by atoms with Crippen LogP contribution in [-0.2, 0) is 10.7 Å². The number of benzene rings is 1. The van der Waals surface area contributed by atoms with Crippen LogP contribution >= 0.6 is 11.6 Å². The van der Waals surface area contributed by atoms with Gasteiger partial charge in [-0.2, -0.15) is 0 Å². The fourth-order valence-electron chi connectivity index (χ4n) is 2.32. The number of halogens is 3. The summed E-state index contributed by atoms with van der Waals surface area (Å²) in [5.41, 5.74) is 5.54. The Morgan fingerprint density at radius 2 is 2.10 bits per heavy atom. The first-order valence-electron chi connectivity index (χ1n) is 6.08. The molecule has 0 saturated heterocycles. The standard InChI is InChI=1S/C13H14ClF2N3O/c1-6(2)11(13(17)20)19-9(5-14)18-8-4-3-7(15)10(16)12(8)19/h3-4,6,11H,5H2,1-2H3,(H2,17,20). The molecule has 0 radical (unpaired) electrons. The molecule has 0 fully saturated rings. The van der Waals surface area contributed by atoms with E-state index in [2.05, 4.69) is 4.98 Å². The molecule has 1 atom stereocenters. The minimum Gasteiger partial charge on any atom is -0.368 e. The van der Waals surface area contributed by atoms with E-state index < -0.39 is 23.6 Å². The average molecular weight is 302 g/mol. The van der Waals surface area contributed by atoms with Crippen LogP contribution in [0.3, 0.4) is 0 Å². The molecule has 0 spiro atoms. The van der Waals surface area contributed by atoms with Gasteiger partial charge in [-0.05, 0) is 18.1 Å². The SMILES string of the molecule is CC(C)C(C(N)=O)n1c(CCl)nc2ccc(F)c(F)c21. The van der Waals surface area contributed by atoms with Crippen LogP contribution in [0.5, 0.6) is 0 Å². The lowest BCUT2D eigenvalue weighted by Gasteiger charge is -2.21. The number of carbonyl (C=O) groups is 1. The maximum absolute atomic E-state index is 14.1. The number of amides is 1. The first kappa shape index (κ1) is 14.7. The third kappa shape index (κ3) is 2.24. The summed E-state index contributed by atoms with van der Waals surface area (Å²) in [5, 5.41) is 0. The first-order chi connectivity index (χ1) is 9.38. The van der Waals surface area contributed by atoms with Gasteiger partial charge < -0.3 is 10.3 Å². The molecule has 0 aliphatic heterocycles. The zero-order valence-electron chi connectivity index (χ0n) is 11.0. The van der Waals surface area contributed by atoms with Crippen molar-refractivity contribution in [1.29, 1.82) is 0 Å².